The third-order valence-electron chi connectivity index (χ3n) is 1.88. The SMILES string of the molecule is Cc1c(OC(F)(F)F)cnc([N+](=O)[O-])c1C(=O)O. The largest absolute Gasteiger partial charge is 0.573 e. The number of carboxylic acid groups (broad SMARTS) is 1. The molecule has 0 radical (unpaired) electrons. The highest BCUT2D eigenvalue weighted by Crippen LogP contribution is 2.31. The highest BCUT2D eigenvalue weighted by molar-refractivity contribution is 5.93. The molecule has 1 heterocycles. The lowest BCUT2D eigenvalue weighted by Gasteiger charge is -2.11. The summed E-state index contributed by atoms with van der Waals surface area (Å²) in [4.78, 5) is 23.2. The first-order chi connectivity index (χ1) is 8.13. The first kappa shape index (κ1) is 13.7. The van der Waals surface area contributed by atoms with E-state index in [4.69, 9.17) is 5.11 Å². The van der Waals surface area contributed by atoms with Crippen LogP contribution in [0.2, 0.25) is 0 Å². The number of alkyl halides is 3. The van der Waals surface area contributed by atoms with Crippen LogP contribution < -0.4 is 4.74 Å². The van der Waals surface area contributed by atoms with Gasteiger partial charge in [0.05, 0.1) is 0 Å². The maximum Gasteiger partial charge on any atom is 0.573 e. The molecule has 0 spiro atoms. The van der Waals surface area contributed by atoms with Crippen LogP contribution in [0.1, 0.15) is 15.9 Å². The molecule has 98 valence electrons. The molecule has 0 aliphatic carbocycles. The minimum Gasteiger partial charge on any atom is -0.477 e. The van der Waals surface area contributed by atoms with Crippen LogP contribution in [0, 0.1) is 17.0 Å². The lowest BCUT2D eigenvalue weighted by Crippen LogP contribution is -2.19. The van der Waals surface area contributed by atoms with E-state index < -0.39 is 39.9 Å². The van der Waals surface area contributed by atoms with Crippen molar-refractivity contribution in [2.24, 2.45) is 0 Å². The molecule has 1 rings (SSSR count). The first-order valence-corrected chi connectivity index (χ1v) is 4.26. The van der Waals surface area contributed by atoms with E-state index in [0.29, 0.717) is 6.20 Å². The van der Waals surface area contributed by atoms with Crippen molar-refractivity contribution in [2.45, 2.75) is 13.3 Å². The van der Waals surface area contributed by atoms with E-state index in [2.05, 4.69) is 9.72 Å². The summed E-state index contributed by atoms with van der Waals surface area (Å²) >= 11 is 0. The molecule has 18 heavy (non-hydrogen) atoms. The van der Waals surface area contributed by atoms with Gasteiger partial charge in [-0.1, -0.05) is 0 Å². The topological polar surface area (TPSA) is 103 Å². The zero-order valence-electron chi connectivity index (χ0n) is 8.69. The number of pyridine rings is 1. The highest BCUT2D eigenvalue weighted by atomic mass is 19.4. The van der Waals surface area contributed by atoms with Gasteiger partial charge in [-0.25, -0.2) is 4.79 Å². The van der Waals surface area contributed by atoms with Gasteiger partial charge in [0, 0.05) is 5.56 Å². The Balaban J connectivity index is 3.40. The molecule has 0 saturated heterocycles. The van der Waals surface area contributed by atoms with Gasteiger partial charge in [-0.05, 0) is 16.8 Å². The Kier molecular flexibility index (Phi) is 3.39. The fraction of sp³-hybridized carbons (Fsp3) is 0.250. The van der Waals surface area contributed by atoms with Crippen molar-refractivity contribution >= 4 is 11.8 Å². The van der Waals surface area contributed by atoms with Crippen LogP contribution in [-0.4, -0.2) is 27.3 Å². The minimum atomic E-state index is -5.04. The molecule has 0 saturated carbocycles. The summed E-state index contributed by atoms with van der Waals surface area (Å²) in [5, 5.41) is 19.2. The van der Waals surface area contributed by atoms with E-state index in [0.717, 1.165) is 6.92 Å². The molecule has 0 unspecified atom stereocenters. The van der Waals surface area contributed by atoms with Gasteiger partial charge in [-0.15, -0.1) is 13.2 Å². The molecule has 1 aromatic heterocycles. The lowest BCUT2D eigenvalue weighted by atomic mass is 10.1. The molecular weight excluding hydrogens is 261 g/mol. The Labute approximate surface area is 97.0 Å². The third kappa shape index (κ3) is 2.84. The van der Waals surface area contributed by atoms with Crippen LogP contribution >= 0.6 is 0 Å². The van der Waals surface area contributed by atoms with Crippen LogP contribution in [-0.2, 0) is 0 Å². The summed E-state index contributed by atoms with van der Waals surface area (Å²) in [7, 11) is 0. The van der Waals surface area contributed by atoms with Gasteiger partial charge in [0.15, 0.2) is 17.5 Å². The Morgan fingerprint density at radius 3 is 2.50 bits per heavy atom. The summed E-state index contributed by atoms with van der Waals surface area (Å²) in [6, 6.07) is 0. The average molecular weight is 266 g/mol. The van der Waals surface area contributed by atoms with Gasteiger partial charge in [-0.2, -0.15) is 0 Å². The maximum atomic E-state index is 12.0. The van der Waals surface area contributed by atoms with Crippen LogP contribution in [0.15, 0.2) is 6.20 Å². The van der Waals surface area contributed by atoms with Crippen LogP contribution in [0.25, 0.3) is 0 Å². The summed E-state index contributed by atoms with van der Waals surface area (Å²) in [5.74, 6) is -3.71. The maximum absolute atomic E-state index is 12.0. The number of hydrogen-bond donors (Lipinski definition) is 1. The average Bonchev–Trinajstić information content (AvgIpc) is 2.17. The van der Waals surface area contributed by atoms with Crippen molar-refractivity contribution in [1.29, 1.82) is 0 Å². The van der Waals surface area contributed by atoms with E-state index >= 15 is 0 Å². The summed E-state index contributed by atoms with van der Waals surface area (Å²) in [5.41, 5.74) is -1.47. The molecule has 1 N–H and O–H groups in total. The number of aromatic carboxylic acids is 1. The zero-order valence-corrected chi connectivity index (χ0v) is 8.69. The van der Waals surface area contributed by atoms with Crippen molar-refractivity contribution < 1.29 is 32.7 Å². The van der Waals surface area contributed by atoms with E-state index in [-0.39, 0.29) is 0 Å². The van der Waals surface area contributed by atoms with E-state index in [9.17, 15) is 28.1 Å². The van der Waals surface area contributed by atoms with Crippen molar-refractivity contribution in [3.8, 4) is 5.75 Å². The van der Waals surface area contributed by atoms with Gasteiger partial charge in [-0.3, -0.25) is 0 Å². The van der Waals surface area contributed by atoms with Crippen LogP contribution in [0.4, 0.5) is 19.0 Å². The zero-order chi connectivity index (χ0) is 14.1. The number of nitrogens with zero attached hydrogens (tertiary/aromatic N) is 2. The van der Waals surface area contributed by atoms with Gasteiger partial charge in [0.25, 0.3) is 0 Å². The van der Waals surface area contributed by atoms with E-state index in [1.165, 1.54) is 0 Å². The normalized spacial score (nSPS) is 11.1. The fourth-order valence-electron chi connectivity index (χ4n) is 1.19. The van der Waals surface area contributed by atoms with Crippen LogP contribution in [0.3, 0.4) is 0 Å². The van der Waals surface area contributed by atoms with Crippen LogP contribution in [0.5, 0.6) is 5.75 Å². The summed E-state index contributed by atoms with van der Waals surface area (Å²) in [6.07, 6.45) is -4.59. The Morgan fingerprint density at radius 2 is 2.11 bits per heavy atom. The fourth-order valence-corrected chi connectivity index (χ4v) is 1.19. The molecule has 10 heteroatoms. The molecule has 0 fully saturated rings. The minimum absolute atomic E-state index is 0.452. The number of hydrogen-bond acceptors (Lipinski definition) is 5. The Morgan fingerprint density at radius 1 is 1.56 bits per heavy atom. The number of halogens is 3. The predicted octanol–water partition coefficient (Wildman–Crippen LogP) is 1.90. The molecule has 0 aliphatic heterocycles. The summed E-state index contributed by atoms with van der Waals surface area (Å²) < 4.78 is 39.5. The van der Waals surface area contributed by atoms with E-state index in [1.54, 1.807) is 0 Å². The molecule has 0 bridgehead atoms. The number of aromatic nitrogens is 1. The van der Waals surface area contributed by atoms with Gasteiger partial charge >= 0.3 is 18.1 Å². The molecule has 0 aliphatic rings. The van der Waals surface area contributed by atoms with Crippen molar-refractivity contribution in [2.75, 3.05) is 0 Å². The number of carboxylic acids is 1. The lowest BCUT2D eigenvalue weighted by molar-refractivity contribution is -0.390. The van der Waals surface area contributed by atoms with Gasteiger partial charge < -0.3 is 20.0 Å². The summed E-state index contributed by atoms with van der Waals surface area (Å²) in [6.45, 7) is 0.958. The number of ether oxygens (including phenoxy) is 1. The molecule has 0 atom stereocenters. The second kappa shape index (κ2) is 4.47. The smallest absolute Gasteiger partial charge is 0.477 e. The Bertz CT molecular complexity index is 514. The number of nitro groups is 1. The molecule has 7 nitrogen and oxygen atoms in total. The quantitative estimate of drug-likeness (QED) is 0.662. The Hall–Kier alpha value is -2.39. The molecule has 1 aromatic rings. The second-order valence-electron chi connectivity index (χ2n) is 3.06. The predicted molar refractivity (Wildman–Crippen MR) is 49.3 cm³/mol. The molecule has 0 aromatic carbocycles. The number of rotatable bonds is 3. The van der Waals surface area contributed by atoms with Gasteiger partial charge in [0.2, 0.25) is 0 Å². The second-order valence-corrected chi connectivity index (χ2v) is 3.06. The number of carbonyl (C=O) groups is 1. The standard InChI is InChI=1S/C8H5F3N2O5/c1-3-4(18-8(9,10)11)2-12-6(13(16)17)5(3)7(14)15/h2H,1H3,(H,14,15). The third-order valence-corrected chi connectivity index (χ3v) is 1.88. The van der Waals surface area contributed by atoms with Gasteiger partial charge in [0.1, 0.15) is 0 Å². The monoisotopic (exact) mass is 266 g/mol. The van der Waals surface area contributed by atoms with Crippen molar-refractivity contribution in [3.05, 3.63) is 27.4 Å². The van der Waals surface area contributed by atoms with E-state index in [1.807, 2.05) is 0 Å². The molecular formula is C8H5F3N2O5. The molecule has 0 amide bonds. The van der Waals surface area contributed by atoms with Crippen molar-refractivity contribution in [3.63, 3.8) is 0 Å². The first-order valence-electron chi connectivity index (χ1n) is 4.26. The van der Waals surface area contributed by atoms with Crippen molar-refractivity contribution in [1.82, 2.24) is 4.98 Å². The highest BCUT2D eigenvalue weighted by Gasteiger charge is 2.35.